The van der Waals surface area contributed by atoms with Crippen molar-refractivity contribution in [3.63, 3.8) is 0 Å². The molecule has 1 rings (SSSR count). The molecule has 120 valence electrons. The van der Waals surface area contributed by atoms with Gasteiger partial charge in [0.2, 0.25) is 0 Å². The van der Waals surface area contributed by atoms with E-state index in [1.807, 2.05) is 18.2 Å². The van der Waals surface area contributed by atoms with Crippen molar-refractivity contribution in [2.75, 3.05) is 34.4 Å². The highest BCUT2D eigenvalue weighted by molar-refractivity contribution is 5.40. The van der Waals surface area contributed by atoms with E-state index < -0.39 is 0 Å². The van der Waals surface area contributed by atoms with Crippen LogP contribution in [0.15, 0.2) is 18.2 Å². The van der Waals surface area contributed by atoms with Gasteiger partial charge in [-0.25, -0.2) is 0 Å². The molecule has 21 heavy (non-hydrogen) atoms. The molecule has 4 heteroatoms. The molecule has 0 fully saturated rings. The fourth-order valence-electron chi connectivity index (χ4n) is 1.89. The second-order valence-corrected chi connectivity index (χ2v) is 6.58. The Balaban J connectivity index is 2.67. The Morgan fingerprint density at radius 3 is 2.48 bits per heavy atom. The second-order valence-electron chi connectivity index (χ2n) is 6.58. The van der Waals surface area contributed by atoms with E-state index in [1.165, 1.54) is 0 Å². The highest BCUT2D eigenvalue weighted by Gasteiger charge is 2.12. The fourth-order valence-corrected chi connectivity index (χ4v) is 1.89. The Morgan fingerprint density at radius 2 is 1.90 bits per heavy atom. The standard InChI is InChI=1S/C17H30N2O2/c1-17(2,3)18-13-14-12-15(20-6)8-9-16(14)21-11-7-10-19(4)5/h8-9,12,18H,7,10-11,13H2,1-6H3. The number of nitrogens with one attached hydrogen (secondary N) is 1. The van der Waals surface area contributed by atoms with Gasteiger partial charge in [0.25, 0.3) is 0 Å². The lowest BCUT2D eigenvalue weighted by atomic mass is 10.1. The van der Waals surface area contributed by atoms with E-state index in [2.05, 4.69) is 45.1 Å². The normalized spacial score (nSPS) is 11.8. The highest BCUT2D eigenvalue weighted by Crippen LogP contribution is 2.25. The predicted octanol–water partition coefficient (Wildman–Crippen LogP) is 2.91. The van der Waals surface area contributed by atoms with Crippen molar-refractivity contribution in [1.29, 1.82) is 0 Å². The van der Waals surface area contributed by atoms with Crippen LogP contribution in [0.5, 0.6) is 11.5 Å². The van der Waals surface area contributed by atoms with E-state index in [4.69, 9.17) is 9.47 Å². The van der Waals surface area contributed by atoms with E-state index >= 15 is 0 Å². The number of hydrogen-bond acceptors (Lipinski definition) is 4. The lowest BCUT2D eigenvalue weighted by Gasteiger charge is -2.22. The van der Waals surface area contributed by atoms with Crippen LogP contribution in [-0.4, -0.2) is 44.8 Å². The van der Waals surface area contributed by atoms with E-state index in [0.717, 1.165) is 43.2 Å². The number of ether oxygens (including phenoxy) is 2. The molecule has 0 aliphatic heterocycles. The molecule has 1 aromatic carbocycles. The smallest absolute Gasteiger partial charge is 0.124 e. The lowest BCUT2D eigenvalue weighted by Crippen LogP contribution is -2.35. The molecule has 0 aromatic heterocycles. The number of hydrogen-bond donors (Lipinski definition) is 1. The first-order valence-electron chi connectivity index (χ1n) is 7.51. The lowest BCUT2D eigenvalue weighted by molar-refractivity contribution is 0.277. The first-order chi connectivity index (χ1) is 9.81. The predicted molar refractivity (Wildman–Crippen MR) is 88.3 cm³/mol. The van der Waals surface area contributed by atoms with Gasteiger partial charge in [0.1, 0.15) is 11.5 Å². The molecule has 0 aliphatic carbocycles. The van der Waals surface area contributed by atoms with Crippen molar-refractivity contribution in [3.05, 3.63) is 23.8 Å². The Hall–Kier alpha value is -1.26. The van der Waals surface area contributed by atoms with Gasteiger partial charge in [-0.15, -0.1) is 0 Å². The quantitative estimate of drug-likeness (QED) is 0.748. The Morgan fingerprint density at radius 1 is 1.19 bits per heavy atom. The molecule has 0 unspecified atom stereocenters. The van der Waals surface area contributed by atoms with E-state index in [0.29, 0.717) is 0 Å². The molecule has 1 N–H and O–H groups in total. The minimum Gasteiger partial charge on any atom is -0.497 e. The van der Waals surface area contributed by atoms with Gasteiger partial charge in [-0.1, -0.05) is 0 Å². The number of nitrogens with zero attached hydrogens (tertiary/aromatic N) is 1. The molecule has 0 saturated carbocycles. The topological polar surface area (TPSA) is 33.7 Å². The zero-order chi connectivity index (χ0) is 15.9. The summed E-state index contributed by atoms with van der Waals surface area (Å²) in [7, 11) is 5.84. The fraction of sp³-hybridized carbons (Fsp3) is 0.647. The SMILES string of the molecule is COc1ccc(OCCCN(C)C)c(CNC(C)(C)C)c1. The van der Waals surface area contributed by atoms with Gasteiger partial charge in [0.15, 0.2) is 0 Å². The molecule has 0 saturated heterocycles. The summed E-state index contributed by atoms with van der Waals surface area (Å²) in [5, 5.41) is 3.49. The summed E-state index contributed by atoms with van der Waals surface area (Å²) in [4.78, 5) is 2.17. The van der Waals surface area contributed by atoms with Gasteiger partial charge in [-0.2, -0.15) is 0 Å². The molecule has 0 bridgehead atoms. The summed E-state index contributed by atoms with van der Waals surface area (Å²) in [5.41, 5.74) is 1.21. The molecule has 1 aromatic rings. The zero-order valence-electron chi connectivity index (χ0n) is 14.3. The Labute approximate surface area is 129 Å². The van der Waals surface area contributed by atoms with Crippen molar-refractivity contribution in [2.24, 2.45) is 0 Å². The summed E-state index contributed by atoms with van der Waals surface area (Å²) < 4.78 is 11.2. The third-order valence-corrected chi connectivity index (χ3v) is 3.08. The van der Waals surface area contributed by atoms with Gasteiger partial charge >= 0.3 is 0 Å². The van der Waals surface area contributed by atoms with Crippen molar-refractivity contribution in [3.8, 4) is 11.5 Å². The number of rotatable bonds is 8. The average molecular weight is 294 g/mol. The molecule has 0 amide bonds. The van der Waals surface area contributed by atoms with Crippen molar-refractivity contribution < 1.29 is 9.47 Å². The average Bonchev–Trinajstić information content (AvgIpc) is 2.40. The minimum absolute atomic E-state index is 0.0747. The maximum Gasteiger partial charge on any atom is 0.124 e. The van der Waals surface area contributed by atoms with Gasteiger partial charge < -0.3 is 19.7 Å². The van der Waals surface area contributed by atoms with Crippen LogP contribution >= 0.6 is 0 Å². The van der Waals surface area contributed by atoms with Crippen LogP contribution in [0, 0.1) is 0 Å². The van der Waals surface area contributed by atoms with Gasteiger partial charge in [-0.05, 0) is 59.5 Å². The molecule has 0 aliphatic rings. The third-order valence-electron chi connectivity index (χ3n) is 3.08. The van der Waals surface area contributed by atoms with E-state index in [9.17, 15) is 0 Å². The highest BCUT2D eigenvalue weighted by atomic mass is 16.5. The van der Waals surface area contributed by atoms with Crippen LogP contribution in [0.4, 0.5) is 0 Å². The van der Waals surface area contributed by atoms with Crippen LogP contribution in [0.1, 0.15) is 32.8 Å². The maximum absolute atomic E-state index is 5.93. The largest absolute Gasteiger partial charge is 0.497 e. The zero-order valence-corrected chi connectivity index (χ0v) is 14.3. The molecule has 0 heterocycles. The molecule has 0 spiro atoms. The Bertz CT molecular complexity index is 425. The molecular weight excluding hydrogens is 264 g/mol. The van der Waals surface area contributed by atoms with Crippen LogP contribution < -0.4 is 14.8 Å². The number of benzene rings is 1. The van der Waals surface area contributed by atoms with Crippen molar-refractivity contribution >= 4 is 0 Å². The van der Waals surface area contributed by atoms with Crippen LogP contribution in [-0.2, 0) is 6.54 Å². The third kappa shape index (κ3) is 7.34. The molecule has 4 nitrogen and oxygen atoms in total. The summed E-state index contributed by atoms with van der Waals surface area (Å²) >= 11 is 0. The minimum atomic E-state index is 0.0747. The summed E-state index contributed by atoms with van der Waals surface area (Å²) in [6.07, 6.45) is 1.02. The first kappa shape index (κ1) is 17.8. The van der Waals surface area contributed by atoms with E-state index in [-0.39, 0.29) is 5.54 Å². The monoisotopic (exact) mass is 294 g/mol. The van der Waals surface area contributed by atoms with Gasteiger partial charge in [0.05, 0.1) is 13.7 Å². The Kier molecular flexibility index (Phi) is 6.99. The molecule has 0 atom stereocenters. The summed E-state index contributed by atoms with van der Waals surface area (Å²) in [6, 6.07) is 5.98. The van der Waals surface area contributed by atoms with Crippen LogP contribution in [0.3, 0.4) is 0 Å². The van der Waals surface area contributed by atoms with Gasteiger partial charge in [0, 0.05) is 24.2 Å². The summed E-state index contributed by atoms with van der Waals surface area (Å²) in [5.74, 6) is 1.80. The van der Waals surface area contributed by atoms with Crippen LogP contribution in [0.2, 0.25) is 0 Å². The van der Waals surface area contributed by atoms with Crippen molar-refractivity contribution in [1.82, 2.24) is 10.2 Å². The first-order valence-corrected chi connectivity index (χ1v) is 7.51. The second kappa shape index (κ2) is 8.25. The van der Waals surface area contributed by atoms with Crippen molar-refractivity contribution in [2.45, 2.75) is 39.3 Å². The molecular formula is C17H30N2O2. The molecule has 0 radical (unpaired) electrons. The number of methoxy groups -OCH3 is 1. The van der Waals surface area contributed by atoms with Crippen LogP contribution in [0.25, 0.3) is 0 Å². The maximum atomic E-state index is 5.93. The summed E-state index contributed by atoms with van der Waals surface area (Å²) in [6.45, 7) is 9.00. The van der Waals surface area contributed by atoms with E-state index in [1.54, 1.807) is 7.11 Å². The van der Waals surface area contributed by atoms with Gasteiger partial charge in [-0.3, -0.25) is 0 Å².